The summed E-state index contributed by atoms with van der Waals surface area (Å²) in [6.07, 6.45) is -4.01. The van der Waals surface area contributed by atoms with Gasteiger partial charge in [-0.25, -0.2) is 0 Å². The van der Waals surface area contributed by atoms with Gasteiger partial charge < -0.3 is 28.8 Å². The number of aliphatic hydroxyl groups is 1. The second-order valence-electron chi connectivity index (χ2n) is 10.7. The fraction of sp³-hybridized carbons (Fsp3) is 0.692. The topological polar surface area (TPSA) is 135 Å². The van der Waals surface area contributed by atoms with E-state index in [-0.39, 0.29) is 12.0 Å². The SMILES string of the molecule is C=C1CC[C@H](OC(C)=O)[C@]2(C)[C@@H](OC(C)=O)C[C@]3(O)O[C@]4([C@@H](C)C(=O)O[C@H]4[C@@H](Cl)C3=C)[C@@H](OC(C)=O)[C@@H]12. The van der Waals surface area contributed by atoms with Crippen molar-refractivity contribution in [1.82, 2.24) is 0 Å². The van der Waals surface area contributed by atoms with Crippen molar-refractivity contribution in [2.45, 2.75) is 95.1 Å². The summed E-state index contributed by atoms with van der Waals surface area (Å²) in [7, 11) is 0. The highest BCUT2D eigenvalue weighted by Gasteiger charge is 2.76. The van der Waals surface area contributed by atoms with E-state index >= 15 is 0 Å². The number of esters is 4. The van der Waals surface area contributed by atoms with E-state index in [1.807, 2.05) is 0 Å². The molecule has 3 heterocycles. The van der Waals surface area contributed by atoms with Crippen LogP contribution in [0.2, 0.25) is 0 Å². The molecule has 0 aromatic carbocycles. The second-order valence-corrected chi connectivity index (χ2v) is 11.2. The fourth-order valence-corrected chi connectivity index (χ4v) is 7.20. The van der Waals surface area contributed by atoms with Crippen LogP contribution in [-0.2, 0) is 42.9 Å². The lowest BCUT2D eigenvalue weighted by atomic mass is 9.53. The van der Waals surface area contributed by atoms with Crippen molar-refractivity contribution in [3.63, 3.8) is 0 Å². The minimum Gasteiger partial charge on any atom is -0.462 e. The average molecular weight is 541 g/mol. The van der Waals surface area contributed by atoms with Crippen LogP contribution in [0.4, 0.5) is 0 Å². The van der Waals surface area contributed by atoms with Crippen LogP contribution in [0.15, 0.2) is 24.3 Å². The molecular formula is C26H33ClO10. The van der Waals surface area contributed by atoms with Gasteiger partial charge in [0.05, 0.1) is 16.7 Å². The molecule has 204 valence electrons. The molecule has 3 saturated heterocycles. The van der Waals surface area contributed by atoms with Gasteiger partial charge in [0.25, 0.3) is 0 Å². The zero-order chi connectivity index (χ0) is 27.7. The molecule has 0 amide bonds. The predicted molar refractivity (Wildman–Crippen MR) is 128 cm³/mol. The molecule has 1 N–H and O–H groups in total. The minimum atomic E-state index is -2.21. The van der Waals surface area contributed by atoms with Gasteiger partial charge in [-0.1, -0.05) is 25.7 Å². The molecule has 0 radical (unpaired) electrons. The molecule has 10 atom stereocenters. The maximum Gasteiger partial charge on any atom is 0.312 e. The molecule has 0 aromatic heterocycles. The first kappa shape index (κ1) is 27.6. The van der Waals surface area contributed by atoms with Crippen molar-refractivity contribution in [2.24, 2.45) is 17.3 Å². The van der Waals surface area contributed by atoms with Crippen molar-refractivity contribution in [2.75, 3.05) is 0 Å². The molecule has 3 aliphatic heterocycles. The number of halogens is 1. The van der Waals surface area contributed by atoms with Crippen LogP contribution < -0.4 is 0 Å². The minimum absolute atomic E-state index is 0.00357. The molecule has 10 nitrogen and oxygen atoms in total. The smallest absolute Gasteiger partial charge is 0.312 e. The maximum absolute atomic E-state index is 13.0. The van der Waals surface area contributed by atoms with E-state index in [0.717, 1.165) is 0 Å². The largest absolute Gasteiger partial charge is 0.462 e. The Hall–Kier alpha value is -2.43. The summed E-state index contributed by atoms with van der Waals surface area (Å²) >= 11 is 6.75. The summed E-state index contributed by atoms with van der Waals surface area (Å²) < 4.78 is 29.5. The summed E-state index contributed by atoms with van der Waals surface area (Å²) in [5.41, 5.74) is -2.42. The number of hydrogen-bond acceptors (Lipinski definition) is 10. The lowest BCUT2D eigenvalue weighted by Gasteiger charge is -2.62. The normalized spacial score (nSPS) is 44.9. The van der Waals surface area contributed by atoms with Crippen molar-refractivity contribution in [1.29, 1.82) is 0 Å². The number of alkyl halides is 1. The molecule has 37 heavy (non-hydrogen) atoms. The lowest BCUT2D eigenvalue weighted by Crippen LogP contribution is -2.75. The summed E-state index contributed by atoms with van der Waals surface area (Å²) in [6.45, 7) is 15.1. The quantitative estimate of drug-likeness (QED) is 0.246. The molecule has 2 bridgehead atoms. The Kier molecular flexibility index (Phi) is 6.79. The third-order valence-electron chi connectivity index (χ3n) is 8.51. The first-order chi connectivity index (χ1) is 17.1. The number of hydrogen-bond donors (Lipinski definition) is 1. The number of fused-ring (bicyclic) bond motifs is 2. The van der Waals surface area contributed by atoms with Crippen molar-refractivity contribution < 1.29 is 48.0 Å². The van der Waals surface area contributed by atoms with Gasteiger partial charge in [-0.05, 0) is 19.8 Å². The third-order valence-corrected chi connectivity index (χ3v) is 9.00. The van der Waals surface area contributed by atoms with E-state index in [9.17, 15) is 24.3 Å². The van der Waals surface area contributed by atoms with Gasteiger partial charge in [0.15, 0.2) is 17.5 Å². The Morgan fingerprint density at radius 3 is 2.19 bits per heavy atom. The zero-order valence-electron chi connectivity index (χ0n) is 21.6. The van der Waals surface area contributed by atoms with Crippen molar-refractivity contribution >= 4 is 35.5 Å². The Bertz CT molecular complexity index is 1070. The fourth-order valence-electron chi connectivity index (χ4n) is 6.78. The van der Waals surface area contributed by atoms with E-state index in [0.29, 0.717) is 18.4 Å². The second kappa shape index (κ2) is 9.10. The first-order valence-corrected chi connectivity index (χ1v) is 12.7. The summed E-state index contributed by atoms with van der Waals surface area (Å²) in [5, 5.41) is 10.8. The number of rotatable bonds is 3. The van der Waals surface area contributed by atoms with Gasteiger partial charge in [-0.3, -0.25) is 19.2 Å². The molecule has 0 aromatic rings. The summed E-state index contributed by atoms with van der Waals surface area (Å²) in [4.78, 5) is 50.0. The van der Waals surface area contributed by atoms with Gasteiger partial charge in [0.2, 0.25) is 0 Å². The number of carbonyl (C=O) groups excluding carboxylic acids is 4. The summed E-state index contributed by atoms with van der Waals surface area (Å²) in [6, 6.07) is 0. The summed E-state index contributed by atoms with van der Waals surface area (Å²) in [5.74, 6) is -6.65. The standard InChI is InChI=1S/C26H33ClO10/c1-11-8-9-17(33-14(4)28)24(7)18(34-15(5)29)10-25(32)12(2)20(27)22-26(37-25,13(3)23(31)36-22)21(19(11)24)35-16(6)30/h13,17-22,32H,1-2,8-10H2,3-7H3/t13-,17-,18-,19+,20-,21-,22-,24+,25-,26+/m0/s1. The van der Waals surface area contributed by atoms with Crippen LogP contribution >= 0.6 is 11.6 Å². The molecule has 11 heteroatoms. The molecule has 1 aliphatic carbocycles. The van der Waals surface area contributed by atoms with Crippen LogP contribution in [0, 0.1) is 17.3 Å². The van der Waals surface area contributed by atoms with E-state index in [1.165, 1.54) is 20.8 Å². The molecule has 4 aliphatic rings. The maximum atomic E-state index is 13.0. The Morgan fingerprint density at radius 2 is 1.62 bits per heavy atom. The number of ether oxygens (including phenoxy) is 5. The van der Waals surface area contributed by atoms with Crippen molar-refractivity contribution in [3.05, 3.63) is 24.3 Å². The molecular weight excluding hydrogens is 508 g/mol. The molecule has 1 spiro atoms. The lowest BCUT2D eigenvalue weighted by molar-refractivity contribution is -0.344. The first-order valence-electron chi connectivity index (χ1n) is 12.2. The van der Waals surface area contributed by atoms with Crippen LogP contribution in [0.3, 0.4) is 0 Å². The molecule has 0 unspecified atom stereocenters. The van der Waals surface area contributed by atoms with Gasteiger partial charge in [-0.15, -0.1) is 11.6 Å². The predicted octanol–water partition coefficient (Wildman–Crippen LogP) is 2.34. The Labute approximate surface area is 220 Å². The van der Waals surface area contributed by atoms with Crippen LogP contribution in [-0.4, -0.2) is 70.2 Å². The van der Waals surface area contributed by atoms with E-state index in [2.05, 4.69) is 13.2 Å². The van der Waals surface area contributed by atoms with Gasteiger partial charge >= 0.3 is 23.9 Å². The third kappa shape index (κ3) is 3.99. The van der Waals surface area contributed by atoms with Crippen LogP contribution in [0.1, 0.15) is 53.9 Å². The monoisotopic (exact) mass is 540 g/mol. The number of carbonyl (C=O) groups is 4. The van der Waals surface area contributed by atoms with E-state index in [4.69, 9.17) is 35.3 Å². The van der Waals surface area contributed by atoms with E-state index < -0.39 is 82.3 Å². The highest BCUT2D eigenvalue weighted by molar-refractivity contribution is 6.23. The zero-order valence-corrected chi connectivity index (χ0v) is 22.3. The Balaban J connectivity index is 2.06. The molecule has 4 fully saturated rings. The van der Waals surface area contributed by atoms with Crippen LogP contribution in [0.5, 0.6) is 0 Å². The highest BCUT2D eigenvalue weighted by Crippen LogP contribution is 2.62. The van der Waals surface area contributed by atoms with Gasteiger partial charge in [0, 0.05) is 38.7 Å². The highest BCUT2D eigenvalue weighted by atomic mass is 35.5. The van der Waals surface area contributed by atoms with Gasteiger partial charge in [0.1, 0.15) is 18.3 Å². The van der Waals surface area contributed by atoms with Crippen molar-refractivity contribution in [3.8, 4) is 0 Å². The molecule has 1 saturated carbocycles. The van der Waals surface area contributed by atoms with E-state index in [1.54, 1.807) is 13.8 Å². The molecule has 4 rings (SSSR count). The van der Waals surface area contributed by atoms with Crippen LogP contribution in [0.25, 0.3) is 0 Å². The van der Waals surface area contributed by atoms with Gasteiger partial charge in [-0.2, -0.15) is 0 Å². The Morgan fingerprint density at radius 1 is 1.05 bits per heavy atom. The average Bonchev–Trinajstić information content (AvgIpc) is 3.03.